The molecular weight excluding hydrogens is 296 g/mol. The molecule has 0 bridgehead atoms. The Kier molecular flexibility index (Phi) is 6.33. The van der Waals surface area contributed by atoms with Gasteiger partial charge >= 0.3 is 23.9 Å². The maximum atomic E-state index is 10.5. The second-order valence-corrected chi connectivity index (χ2v) is 5.64. The number of carbonyl (C=O) groups is 4. The van der Waals surface area contributed by atoms with Crippen LogP contribution in [0.3, 0.4) is 0 Å². The maximum Gasteiger partial charge on any atom is 0.307 e. The molecule has 0 aliphatic heterocycles. The predicted octanol–water partition coefficient (Wildman–Crippen LogP) is 1.14. The van der Waals surface area contributed by atoms with E-state index in [0.717, 1.165) is 0 Å². The number of carboxylic acids is 4. The molecule has 2 rings (SSSR count). The molecule has 0 aromatic rings. The van der Waals surface area contributed by atoms with Crippen LogP contribution in [0.2, 0.25) is 0 Å². The molecule has 0 unspecified atom stereocenters. The first kappa shape index (κ1) is 17.9. The standard InChI is InChI=1S/2C7H10O4/c2*8-6(9)4-2-1-3-5(4)7(10)11/h2*4-5H,1-3H2,(H,8,9)(H,10,11)/t2*4-,5-/m10/s1. The predicted molar refractivity (Wildman–Crippen MR) is 72.2 cm³/mol. The van der Waals surface area contributed by atoms with E-state index in [-0.39, 0.29) is 0 Å². The van der Waals surface area contributed by atoms with Crippen molar-refractivity contribution in [3.05, 3.63) is 0 Å². The van der Waals surface area contributed by atoms with Gasteiger partial charge in [0.2, 0.25) is 0 Å². The zero-order valence-corrected chi connectivity index (χ0v) is 12.0. The number of carboxylic acid groups (broad SMARTS) is 4. The van der Waals surface area contributed by atoms with E-state index in [4.69, 9.17) is 20.4 Å². The quantitative estimate of drug-likeness (QED) is 0.603. The van der Waals surface area contributed by atoms with Crippen molar-refractivity contribution in [1.82, 2.24) is 0 Å². The van der Waals surface area contributed by atoms with Crippen LogP contribution < -0.4 is 0 Å². The molecule has 0 saturated heterocycles. The van der Waals surface area contributed by atoms with Crippen molar-refractivity contribution >= 4 is 23.9 Å². The lowest BCUT2D eigenvalue weighted by Crippen LogP contribution is -2.24. The molecule has 2 saturated carbocycles. The lowest BCUT2D eigenvalue weighted by atomic mass is 9.97. The third-order valence-corrected chi connectivity index (χ3v) is 4.30. The van der Waals surface area contributed by atoms with Gasteiger partial charge in [0.05, 0.1) is 23.7 Å². The fourth-order valence-corrected chi connectivity index (χ4v) is 3.10. The smallest absolute Gasteiger partial charge is 0.307 e. The molecular formula is C14H20O8. The summed E-state index contributed by atoms with van der Waals surface area (Å²) in [6.07, 6.45) is 3.46. The van der Waals surface area contributed by atoms with Crippen LogP contribution >= 0.6 is 0 Å². The Bertz CT molecular complexity index is 376. The highest BCUT2D eigenvalue weighted by Crippen LogP contribution is 2.32. The van der Waals surface area contributed by atoms with Crippen molar-refractivity contribution in [2.75, 3.05) is 0 Å². The van der Waals surface area contributed by atoms with Crippen molar-refractivity contribution in [3.63, 3.8) is 0 Å². The Labute approximate surface area is 126 Å². The number of hydrogen-bond acceptors (Lipinski definition) is 4. The molecule has 124 valence electrons. The molecule has 4 atom stereocenters. The third-order valence-electron chi connectivity index (χ3n) is 4.30. The summed E-state index contributed by atoms with van der Waals surface area (Å²) >= 11 is 0. The summed E-state index contributed by atoms with van der Waals surface area (Å²) in [6, 6.07) is 0. The van der Waals surface area contributed by atoms with Gasteiger partial charge in [-0.1, -0.05) is 12.8 Å². The minimum atomic E-state index is -0.977. The molecule has 22 heavy (non-hydrogen) atoms. The second kappa shape index (κ2) is 7.77. The normalized spacial score (nSPS) is 30.2. The van der Waals surface area contributed by atoms with Crippen LogP contribution in [0.15, 0.2) is 0 Å². The lowest BCUT2D eigenvalue weighted by molar-refractivity contribution is -0.152. The van der Waals surface area contributed by atoms with Crippen LogP contribution in [0.4, 0.5) is 0 Å². The SMILES string of the molecule is O=C(O)[C@@H]1CCC[C@H]1C(=O)O.O=C(O)[C@H]1CCC[C@@H]1C(=O)O. The average Bonchev–Trinajstić information content (AvgIpc) is 3.08. The Morgan fingerprint density at radius 2 is 0.682 bits per heavy atom. The topological polar surface area (TPSA) is 149 Å². The summed E-state index contributed by atoms with van der Waals surface area (Å²) in [5, 5.41) is 34.3. The minimum Gasteiger partial charge on any atom is -0.481 e. The summed E-state index contributed by atoms with van der Waals surface area (Å²) in [7, 11) is 0. The van der Waals surface area contributed by atoms with Gasteiger partial charge in [-0.15, -0.1) is 0 Å². The van der Waals surface area contributed by atoms with Crippen LogP contribution in [0.25, 0.3) is 0 Å². The van der Waals surface area contributed by atoms with Gasteiger partial charge in [0.1, 0.15) is 0 Å². The molecule has 0 aromatic carbocycles. The molecule has 0 heterocycles. The average molecular weight is 316 g/mol. The van der Waals surface area contributed by atoms with Gasteiger partial charge in [-0.05, 0) is 25.7 Å². The van der Waals surface area contributed by atoms with Crippen LogP contribution in [0.5, 0.6) is 0 Å². The Hall–Kier alpha value is -2.12. The molecule has 4 N–H and O–H groups in total. The Balaban J connectivity index is 0.000000220. The summed E-state index contributed by atoms with van der Waals surface area (Å²) in [4.78, 5) is 41.8. The van der Waals surface area contributed by atoms with Crippen LogP contribution in [0.1, 0.15) is 38.5 Å². The highest BCUT2D eigenvalue weighted by Gasteiger charge is 2.38. The Morgan fingerprint density at radius 3 is 0.818 bits per heavy atom. The van der Waals surface area contributed by atoms with Gasteiger partial charge in [0, 0.05) is 0 Å². The summed E-state index contributed by atoms with van der Waals surface area (Å²) in [6.45, 7) is 0. The summed E-state index contributed by atoms with van der Waals surface area (Å²) in [5.74, 6) is -6.55. The lowest BCUT2D eigenvalue weighted by Gasteiger charge is -2.09. The van der Waals surface area contributed by atoms with Crippen molar-refractivity contribution < 1.29 is 39.6 Å². The number of hydrogen-bond donors (Lipinski definition) is 4. The molecule has 0 amide bonds. The fourth-order valence-electron chi connectivity index (χ4n) is 3.10. The van der Waals surface area contributed by atoms with Crippen molar-refractivity contribution in [2.45, 2.75) is 38.5 Å². The monoisotopic (exact) mass is 316 g/mol. The van der Waals surface area contributed by atoms with Crippen LogP contribution in [0, 0.1) is 23.7 Å². The highest BCUT2D eigenvalue weighted by molar-refractivity contribution is 5.81. The molecule has 0 radical (unpaired) electrons. The van der Waals surface area contributed by atoms with Gasteiger partial charge in [0.25, 0.3) is 0 Å². The van der Waals surface area contributed by atoms with Crippen LogP contribution in [-0.2, 0) is 19.2 Å². The second-order valence-electron chi connectivity index (χ2n) is 5.64. The minimum absolute atomic E-state index is 0.506. The molecule has 0 spiro atoms. The molecule has 2 aliphatic rings. The highest BCUT2D eigenvalue weighted by atomic mass is 16.4. The summed E-state index contributed by atoms with van der Waals surface area (Å²) in [5.41, 5.74) is 0. The van der Waals surface area contributed by atoms with E-state index in [2.05, 4.69) is 0 Å². The van der Waals surface area contributed by atoms with Crippen molar-refractivity contribution in [1.29, 1.82) is 0 Å². The Morgan fingerprint density at radius 1 is 0.500 bits per heavy atom. The fraction of sp³-hybridized carbons (Fsp3) is 0.714. The summed E-state index contributed by atoms with van der Waals surface area (Å²) < 4.78 is 0. The molecule has 2 aliphatic carbocycles. The van der Waals surface area contributed by atoms with Gasteiger partial charge < -0.3 is 20.4 Å². The van der Waals surface area contributed by atoms with E-state index in [1.807, 2.05) is 0 Å². The van der Waals surface area contributed by atoms with Gasteiger partial charge in [-0.25, -0.2) is 0 Å². The zero-order valence-electron chi connectivity index (χ0n) is 12.0. The van der Waals surface area contributed by atoms with Crippen molar-refractivity contribution in [2.24, 2.45) is 23.7 Å². The van der Waals surface area contributed by atoms with E-state index in [9.17, 15) is 19.2 Å². The van der Waals surface area contributed by atoms with Gasteiger partial charge in [-0.3, -0.25) is 19.2 Å². The van der Waals surface area contributed by atoms with Crippen molar-refractivity contribution in [3.8, 4) is 0 Å². The molecule has 8 heteroatoms. The number of rotatable bonds is 4. The van der Waals surface area contributed by atoms with Gasteiger partial charge in [0.15, 0.2) is 0 Å². The maximum absolute atomic E-state index is 10.5. The van der Waals surface area contributed by atoms with E-state index in [1.165, 1.54) is 0 Å². The third kappa shape index (κ3) is 4.44. The van der Waals surface area contributed by atoms with E-state index >= 15 is 0 Å². The largest absolute Gasteiger partial charge is 0.481 e. The first-order valence-corrected chi connectivity index (χ1v) is 7.17. The van der Waals surface area contributed by atoms with E-state index in [1.54, 1.807) is 0 Å². The molecule has 0 aromatic heterocycles. The van der Waals surface area contributed by atoms with Crippen LogP contribution in [-0.4, -0.2) is 44.3 Å². The molecule has 2 fully saturated rings. The van der Waals surface area contributed by atoms with Gasteiger partial charge in [-0.2, -0.15) is 0 Å². The zero-order chi connectivity index (χ0) is 16.9. The van der Waals surface area contributed by atoms with E-state index < -0.39 is 47.5 Å². The first-order valence-electron chi connectivity index (χ1n) is 7.17. The number of aliphatic carboxylic acids is 4. The first-order chi connectivity index (χ1) is 10.3. The van der Waals surface area contributed by atoms with E-state index in [0.29, 0.717) is 38.5 Å². The molecule has 8 nitrogen and oxygen atoms in total.